The first kappa shape index (κ1) is 13.7. The van der Waals surface area contributed by atoms with Crippen LogP contribution >= 0.6 is 12.6 Å². The van der Waals surface area contributed by atoms with Crippen molar-refractivity contribution in [2.45, 2.75) is 25.3 Å². The normalized spacial score (nSPS) is 10.3. The Balaban J connectivity index is 2.07. The molecule has 0 aromatic heterocycles. The van der Waals surface area contributed by atoms with Crippen molar-refractivity contribution in [1.29, 1.82) is 0 Å². The summed E-state index contributed by atoms with van der Waals surface area (Å²) in [7, 11) is 0. The molecule has 0 bridgehead atoms. The van der Waals surface area contributed by atoms with Gasteiger partial charge in [0.05, 0.1) is 0 Å². The molecular weight excluding hydrogens is 254 g/mol. The number of aryl methyl sites for hydroxylation is 2. The zero-order valence-electron chi connectivity index (χ0n) is 11.1. The van der Waals surface area contributed by atoms with Crippen molar-refractivity contribution < 1.29 is 4.79 Å². The van der Waals surface area contributed by atoms with Gasteiger partial charge in [0, 0.05) is 17.0 Å². The number of hydrogen-bond donors (Lipinski definition) is 2. The molecule has 0 aliphatic carbocycles. The average molecular weight is 271 g/mol. The molecule has 2 aromatic carbocycles. The highest BCUT2D eigenvalue weighted by atomic mass is 32.1. The predicted octanol–water partition coefficient (Wildman–Crippen LogP) is 3.52. The maximum atomic E-state index is 12.1. The summed E-state index contributed by atoms with van der Waals surface area (Å²) in [5.41, 5.74) is 3.94. The summed E-state index contributed by atoms with van der Waals surface area (Å²) < 4.78 is 0. The molecule has 0 aliphatic heterocycles. The van der Waals surface area contributed by atoms with Crippen LogP contribution in [0, 0.1) is 13.8 Å². The molecule has 98 valence electrons. The number of carbonyl (C=O) groups is 1. The third-order valence-electron chi connectivity index (χ3n) is 3.00. The number of carbonyl (C=O) groups excluding carboxylic acids is 1. The van der Waals surface area contributed by atoms with Crippen molar-refractivity contribution in [2.75, 3.05) is 0 Å². The van der Waals surface area contributed by atoms with Crippen molar-refractivity contribution in [3.8, 4) is 0 Å². The van der Waals surface area contributed by atoms with Gasteiger partial charge in [-0.1, -0.05) is 35.9 Å². The molecule has 0 aliphatic rings. The molecule has 0 saturated carbocycles. The molecule has 0 fully saturated rings. The maximum absolute atomic E-state index is 12.1. The first-order chi connectivity index (χ1) is 9.06. The Hall–Kier alpha value is -1.74. The first-order valence-corrected chi connectivity index (χ1v) is 6.64. The van der Waals surface area contributed by atoms with Crippen LogP contribution < -0.4 is 5.32 Å². The summed E-state index contributed by atoms with van der Waals surface area (Å²) in [4.78, 5) is 12.9. The quantitative estimate of drug-likeness (QED) is 0.822. The van der Waals surface area contributed by atoms with Gasteiger partial charge in [-0.25, -0.2) is 0 Å². The zero-order valence-corrected chi connectivity index (χ0v) is 12.0. The van der Waals surface area contributed by atoms with E-state index in [-0.39, 0.29) is 5.91 Å². The van der Waals surface area contributed by atoms with Gasteiger partial charge in [0.15, 0.2) is 0 Å². The SMILES string of the molecule is Cc1cccc(CNC(=O)c2cc(S)ccc2C)c1. The van der Waals surface area contributed by atoms with E-state index in [9.17, 15) is 4.79 Å². The summed E-state index contributed by atoms with van der Waals surface area (Å²) in [6, 6.07) is 13.7. The minimum absolute atomic E-state index is 0.0603. The van der Waals surface area contributed by atoms with Crippen LogP contribution in [0.25, 0.3) is 0 Å². The highest BCUT2D eigenvalue weighted by molar-refractivity contribution is 7.80. The number of benzene rings is 2. The van der Waals surface area contributed by atoms with Gasteiger partial charge in [-0.2, -0.15) is 0 Å². The van der Waals surface area contributed by atoms with Gasteiger partial charge >= 0.3 is 0 Å². The van der Waals surface area contributed by atoms with Crippen molar-refractivity contribution in [3.63, 3.8) is 0 Å². The van der Waals surface area contributed by atoms with Crippen LogP contribution in [0.5, 0.6) is 0 Å². The standard InChI is InChI=1S/C16H17NOS/c1-11-4-3-5-13(8-11)10-17-16(18)15-9-14(19)7-6-12(15)2/h3-9,19H,10H2,1-2H3,(H,17,18). The van der Waals surface area contributed by atoms with E-state index in [1.165, 1.54) is 5.56 Å². The van der Waals surface area contributed by atoms with Crippen LogP contribution in [-0.2, 0) is 6.54 Å². The predicted molar refractivity (Wildman–Crippen MR) is 80.8 cm³/mol. The van der Waals surface area contributed by atoms with E-state index in [2.05, 4.69) is 24.0 Å². The number of nitrogens with one attached hydrogen (secondary N) is 1. The molecule has 2 aromatic rings. The van der Waals surface area contributed by atoms with Crippen molar-refractivity contribution in [2.24, 2.45) is 0 Å². The Kier molecular flexibility index (Phi) is 4.27. The number of thiol groups is 1. The molecule has 0 heterocycles. The van der Waals surface area contributed by atoms with E-state index in [1.54, 1.807) is 6.07 Å². The third kappa shape index (κ3) is 3.61. The molecule has 0 atom stereocenters. The lowest BCUT2D eigenvalue weighted by Gasteiger charge is -2.09. The summed E-state index contributed by atoms with van der Waals surface area (Å²) in [6.07, 6.45) is 0. The molecule has 0 radical (unpaired) electrons. The Morgan fingerprint density at radius 1 is 1.16 bits per heavy atom. The van der Waals surface area contributed by atoms with Crippen molar-refractivity contribution in [3.05, 3.63) is 64.7 Å². The first-order valence-electron chi connectivity index (χ1n) is 6.19. The van der Waals surface area contributed by atoms with Gasteiger partial charge in [0.25, 0.3) is 5.91 Å². The van der Waals surface area contributed by atoms with Gasteiger partial charge in [0.2, 0.25) is 0 Å². The largest absolute Gasteiger partial charge is 0.348 e. The molecule has 0 saturated heterocycles. The second-order valence-electron chi connectivity index (χ2n) is 4.67. The summed E-state index contributed by atoms with van der Waals surface area (Å²) >= 11 is 4.27. The Morgan fingerprint density at radius 3 is 2.68 bits per heavy atom. The Labute approximate surface area is 119 Å². The van der Waals surface area contributed by atoms with E-state index >= 15 is 0 Å². The minimum Gasteiger partial charge on any atom is -0.348 e. The van der Waals surface area contributed by atoms with Gasteiger partial charge in [-0.05, 0) is 37.1 Å². The van der Waals surface area contributed by atoms with Gasteiger partial charge < -0.3 is 5.32 Å². The van der Waals surface area contributed by atoms with Crippen molar-refractivity contribution in [1.82, 2.24) is 5.32 Å². The van der Waals surface area contributed by atoms with E-state index < -0.39 is 0 Å². The fourth-order valence-electron chi connectivity index (χ4n) is 1.95. The molecule has 1 amide bonds. The van der Waals surface area contributed by atoms with Crippen LogP contribution in [0.4, 0.5) is 0 Å². The molecule has 0 spiro atoms. The van der Waals surface area contributed by atoms with Crippen LogP contribution in [-0.4, -0.2) is 5.91 Å². The molecule has 19 heavy (non-hydrogen) atoms. The third-order valence-corrected chi connectivity index (χ3v) is 3.28. The summed E-state index contributed by atoms with van der Waals surface area (Å²) in [5, 5.41) is 2.94. The summed E-state index contributed by atoms with van der Waals surface area (Å²) in [6.45, 7) is 4.51. The van der Waals surface area contributed by atoms with Crippen LogP contribution in [0.3, 0.4) is 0 Å². The van der Waals surface area contributed by atoms with Crippen LogP contribution in [0.2, 0.25) is 0 Å². The monoisotopic (exact) mass is 271 g/mol. The van der Waals surface area contributed by atoms with E-state index in [0.717, 1.165) is 16.0 Å². The van der Waals surface area contributed by atoms with Gasteiger partial charge in [-0.15, -0.1) is 12.6 Å². The maximum Gasteiger partial charge on any atom is 0.251 e. The molecule has 0 unspecified atom stereocenters. The zero-order chi connectivity index (χ0) is 13.8. The number of hydrogen-bond acceptors (Lipinski definition) is 2. The molecule has 1 N–H and O–H groups in total. The molecule has 2 rings (SSSR count). The van der Waals surface area contributed by atoms with Gasteiger partial charge in [-0.3, -0.25) is 4.79 Å². The highest BCUT2D eigenvalue weighted by Crippen LogP contribution is 2.14. The Bertz CT molecular complexity index is 607. The smallest absolute Gasteiger partial charge is 0.251 e. The summed E-state index contributed by atoms with van der Waals surface area (Å²) in [5.74, 6) is -0.0603. The lowest BCUT2D eigenvalue weighted by molar-refractivity contribution is 0.0950. The average Bonchev–Trinajstić information content (AvgIpc) is 2.39. The van der Waals surface area contributed by atoms with E-state index in [0.29, 0.717) is 12.1 Å². The lowest BCUT2D eigenvalue weighted by atomic mass is 10.1. The van der Waals surface area contributed by atoms with Crippen LogP contribution in [0.1, 0.15) is 27.0 Å². The van der Waals surface area contributed by atoms with Gasteiger partial charge in [0.1, 0.15) is 0 Å². The fourth-order valence-corrected chi connectivity index (χ4v) is 2.16. The number of rotatable bonds is 3. The lowest BCUT2D eigenvalue weighted by Crippen LogP contribution is -2.23. The van der Waals surface area contributed by atoms with Crippen molar-refractivity contribution >= 4 is 18.5 Å². The second kappa shape index (κ2) is 5.93. The molecular formula is C16H17NOS. The topological polar surface area (TPSA) is 29.1 Å². The highest BCUT2D eigenvalue weighted by Gasteiger charge is 2.08. The van der Waals surface area contributed by atoms with E-state index in [4.69, 9.17) is 0 Å². The minimum atomic E-state index is -0.0603. The number of amides is 1. The molecule has 2 nitrogen and oxygen atoms in total. The van der Waals surface area contributed by atoms with E-state index in [1.807, 2.05) is 44.2 Å². The Morgan fingerprint density at radius 2 is 1.95 bits per heavy atom. The van der Waals surface area contributed by atoms with Crippen LogP contribution in [0.15, 0.2) is 47.4 Å². The second-order valence-corrected chi connectivity index (χ2v) is 5.19. The molecule has 3 heteroatoms. The fraction of sp³-hybridized carbons (Fsp3) is 0.188.